The van der Waals surface area contributed by atoms with Gasteiger partial charge in [-0.3, -0.25) is 4.57 Å². The number of carbonyl (C=O) groups excluding carboxylic acids is 1. The Morgan fingerprint density at radius 3 is 2.15 bits per heavy atom. The smallest absolute Gasteiger partial charge is 0.366 e. The lowest BCUT2D eigenvalue weighted by Gasteiger charge is -2.33. The van der Waals surface area contributed by atoms with Crippen molar-refractivity contribution in [2.75, 3.05) is 13.2 Å². The van der Waals surface area contributed by atoms with Crippen molar-refractivity contribution in [3.63, 3.8) is 0 Å². The third-order valence-electron chi connectivity index (χ3n) is 2.73. The highest BCUT2D eigenvalue weighted by atomic mass is 79.9. The highest BCUT2D eigenvalue weighted by molar-refractivity contribution is 9.10. The molecule has 0 radical (unpaired) electrons. The standard InChI is InChI=1S/C13H18BrO5P/c1-3-18-20(17,19-4-2)13(16,9-10-15)11-5-7-12(14)8-6-11/h5-8,10,16H,3-4,9H2,1-2H3/t13-/m1/s1. The lowest BCUT2D eigenvalue weighted by Crippen LogP contribution is -2.29. The van der Waals surface area contributed by atoms with E-state index >= 15 is 0 Å². The lowest BCUT2D eigenvalue weighted by atomic mass is 10.1. The van der Waals surface area contributed by atoms with E-state index < -0.39 is 12.9 Å². The Labute approximate surface area is 126 Å². The molecular weight excluding hydrogens is 347 g/mol. The van der Waals surface area contributed by atoms with E-state index in [4.69, 9.17) is 9.05 Å². The zero-order chi connectivity index (χ0) is 15.2. The van der Waals surface area contributed by atoms with Gasteiger partial charge >= 0.3 is 7.60 Å². The van der Waals surface area contributed by atoms with E-state index in [-0.39, 0.29) is 19.6 Å². The minimum absolute atomic E-state index is 0.106. The molecule has 0 amide bonds. The summed E-state index contributed by atoms with van der Waals surface area (Å²) in [5.41, 5.74) is 0.318. The van der Waals surface area contributed by atoms with Crippen LogP contribution in [0.25, 0.3) is 0 Å². The van der Waals surface area contributed by atoms with E-state index in [0.717, 1.165) is 4.47 Å². The van der Waals surface area contributed by atoms with E-state index in [9.17, 15) is 14.5 Å². The highest BCUT2D eigenvalue weighted by Crippen LogP contribution is 2.64. The molecule has 0 saturated heterocycles. The maximum Gasteiger partial charge on any atom is 0.366 e. The normalized spacial score (nSPS) is 14.8. The zero-order valence-electron chi connectivity index (χ0n) is 11.4. The number of aldehydes is 1. The molecular formula is C13H18BrO5P. The van der Waals surface area contributed by atoms with Gasteiger partial charge < -0.3 is 18.9 Å². The van der Waals surface area contributed by atoms with Crippen LogP contribution in [0.2, 0.25) is 0 Å². The van der Waals surface area contributed by atoms with Gasteiger partial charge in [0.25, 0.3) is 0 Å². The first kappa shape index (κ1) is 17.5. The fourth-order valence-electron chi connectivity index (χ4n) is 1.81. The number of carbonyl (C=O) groups is 1. The average Bonchev–Trinajstić information content (AvgIpc) is 2.40. The topological polar surface area (TPSA) is 72.8 Å². The van der Waals surface area contributed by atoms with Gasteiger partial charge in [-0.25, -0.2) is 0 Å². The Morgan fingerprint density at radius 1 is 1.25 bits per heavy atom. The van der Waals surface area contributed by atoms with Gasteiger partial charge in [-0.2, -0.15) is 0 Å². The summed E-state index contributed by atoms with van der Waals surface area (Å²) in [6, 6.07) is 6.54. The van der Waals surface area contributed by atoms with Crippen LogP contribution in [0, 0.1) is 0 Å². The van der Waals surface area contributed by atoms with Crippen LogP contribution >= 0.6 is 23.5 Å². The van der Waals surface area contributed by atoms with Gasteiger partial charge in [0.15, 0.2) is 5.34 Å². The van der Waals surface area contributed by atoms with Gasteiger partial charge in [0.1, 0.15) is 6.29 Å². The maximum atomic E-state index is 12.8. The van der Waals surface area contributed by atoms with E-state index in [1.165, 1.54) is 0 Å². The first-order valence-electron chi connectivity index (χ1n) is 6.24. The highest BCUT2D eigenvalue weighted by Gasteiger charge is 2.50. The summed E-state index contributed by atoms with van der Waals surface area (Å²) in [6.45, 7) is 3.51. The SMILES string of the molecule is CCOP(=O)(OCC)[C@](O)(CC=O)c1ccc(Br)cc1. The summed E-state index contributed by atoms with van der Waals surface area (Å²) in [5.74, 6) is 0. The largest absolute Gasteiger partial charge is 0.373 e. The van der Waals surface area contributed by atoms with E-state index in [1.807, 2.05) is 0 Å². The van der Waals surface area contributed by atoms with E-state index in [1.54, 1.807) is 38.1 Å². The van der Waals surface area contributed by atoms with Gasteiger partial charge in [0.05, 0.1) is 13.2 Å². The molecule has 1 aromatic carbocycles. The van der Waals surface area contributed by atoms with Crippen molar-refractivity contribution >= 4 is 29.8 Å². The second kappa shape index (κ2) is 7.48. The molecule has 0 aliphatic heterocycles. The van der Waals surface area contributed by atoms with Crippen LogP contribution in [0.15, 0.2) is 28.7 Å². The molecule has 0 fully saturated rings. The Bertz CT molecular complexity index is 480. The van der Waals surface area contributed by atoms with Crippen molar-refractivity contribution in [1.29, 1.82) is 0 Å². The van der Waals surface area contributed by atoms with Crippen LogP contribution in [-0.2, 0) is 23.7 Å². The van der Waals surface area contributed by atoms with E-state index in [2.05, 4.69) is 15.9 Å². The number of hydrogen-bond donors (Lipinski definition) is 1. The fourth-order valence-corrected chi connectivity index (χ4v) is 4.02. The number of hydrogen-bond acceptors (Lipinski definition) is 5. The molecule has 0 unspecified atom stereocenters. The molecule has 7 heteroatoms. The van der Waals surface area contributed by atoms with Gasteiger partial charge in [-0.05, 0) is 31.5 Å². The molecule has 0 aromatic heterocycles. The van der Waals surface area contributed by atoms with Gasteiger partial charge in [0.2, 0.25) is 0 Å². The number of benzene rings is 1. The van der Waals surface area contributed by atoms with Crippen LogP contribution in [0.4, 0.5) is 0 Å². The molecule has 1 aromatic rings. The van der Waals surface area contributed by atoms with Crippen molar-refractivity contribution < 1.29 is 23.5 Å². The van der Waals surface area contributed by atoms with Crippen molar-refractivity contribution in [2.45, 2.75) is 25.6 Å². The summed E-state index contributed by atoms with van der Waals surface area (Å²) < 4.78 is 24.0. The Morgan fingerprint density at radius 2 is 1.75 bits per heavy atom. The monoisotopic (exact) mass is 364 g/mol. The molecule has 1 atom stereocenters. The molecule has 5 nitrogen and oxygen atoms in total. The van der Waals surface area contributed by atoms with Gasteiger partial charge in [-0.15, -0.1) is 0 Å². The minimum atomic E-state index is -3.89. The van der Waals surface area contributed by atoms with Crippen molar-refractivity contribution in [2.24, 2.45) is 0 Å². The minimum Gasteiger partial charge on any atom is -0.373 e. The van der Waals surface area contributed by atoms with Crippen molar-refractivity contribution in [3.8, 4) is 0 Å². The zero-order valence-corrected chi connectivity index (χ0v) is 13.9. The predicted molar refractivity (Wildman–Crippen MR) is 79.6 cm³/mol. The summed E-state index contributed by atoms with van der Waals surface area (Å²) in [6.07, 6.45) is 0.138. The number of halogens is 1. The molecule has 0 bridgehead atoms. The van der Waals surface area contributed by atoms with Crippen molar-refractivity contribution in [3.05, 3.63) is 34.3 Å². The Hall–Kier alpha value is -0.520. The molecule has 0 spiro atoms. The Balaban J connectivity index is 3.34. The van der Waals surface area contributed by atoms with Crippen LogP contribution in [0.1, 0.15) is 25.8 Å². The summed E-state index contributed by atoms with van der Waals surface area (Å²) in [5, 5.41) is 8.81. The molecule has 0 aliphatic carbocycles. The summed E-state index contributed by atoms with van der Waals surface area (Å²) in [4.78, 5) is 10.9. The quantitative estimate of drug-likeness (QED) is 0.564. The maximum absolute atomic E-state index is 12.8. The second-order valence-electron chi connectivity index (χ2n) is 4.03. The number of rotatable bonds is 8. The van der Waals surface area contributed by atoms with Crippen LogP contribution in [0.3, 0.4) is 0 Å². The predicted octanol–water partition coefficient (Wildman–Crippen LogP) is 3.45. The molecule has 1 rings (SSSR count). The molecule has 20 heavy (non-hydrogen) atoms. The van der Waals surface area contributed by atoms with E-state index in [0.29, 0.717) is 11.8 Å². The van der Waals surface area contributed by atoms with Gasteiger partial charge in [-0.1, -0.05) is 28.1 Å². The second-order valence-corrected chi connectivity index (χ2v) is 7.19. The molecule has 112 valence electrons. The first-order chi connectivity index (χ1) is 9.43. The van der Waals surface area contributed by atoms with Gasteiger partial charge in [0, 0.05) is 10.9 Å². The fraction of sp³-hybridized carbons (Fsp3) is 0.462. The molecule has 0 saturated carbocycles. The first-order valence-corrected chi connectivity index (χ1v) is 8.58. The Kier molecular flexibility index (Phi) is 6.55. The molecule has 0 heterocycles. The summed E-state index contributed by atoms with van der Waals surface area (Å²) >= 11 is 3.28. The average molecular weight is 365 g/mol. The van der Waals surface area contributed by atoms with Crippen LogP contribution < -0.4 is 0 Å². The third-order valence-corrected chi connectivity index (χ3v) is 5.80. The number of aliphatic hydroxyl groups is 1. The third kappa shape index (κ3) is 3.57. The van der Waals surface area contributed by atoms with Crippen LogP contribution in [-0.4, -0.2) is 24.6 Å². The molecule has 1 N–H and O–H groups in total. The van der Waals surface area contributed by atoms with Crippen LogP contribution in [0.5, 0.6) is 0 Å². The molecule has 0 aliphatic rings. The van der Waals surface area contributed by atoms with Crippen molar-refractivity contribution in [1.82, 2.24) is 0 Å². The summed E-state index contributed by atoms with van der Waals surface area (Å²) in [7, 11) is -3.89. The lowest BCUT2D eigenvalue weighted by molar-refractivity contribution is -0.111.